The number of likely N-dealkylation sites (tertiary alicyclic amines) is 1. The summed E-state index contributed by atoms with van der Waals surface area (Å²) in [5, 5.41) is 3.83. The number of hydrogen-bond donors (Lipinski definition) is 1. The van der Waals surface area contributed by atoms with Crippen molar-refractivity contribution in [2.75, 3.05) is 33.4 Å². The summed E-state index contributed by atoms with van der Waals surface area (Å²) in [6.07, 6.45) is 2.44. The molecule has 1 fully saturated rings. The molecule has 0 saturated carbocycles. The smallest absolute Gasteiger partial charge is 0.224 e. The third-order valence-corrected chi connectivity index (χ3v) is 4.09. The molecule has 5 heteroatoms. The maximum Gasteiger partial charge on any atom is 0.224 e. The van der Waals surface area contributed by atoms with Gasteiger partial charge in [-0.2, -0.15) is 0 Å². The standard InChI is InChI=1S/C16H23ClN2O2/c1-21-11-10-19-8-6-15(7-9-19)18-16(20)12-13-2-4-14(17)5-3-13/h2-5,15H,6-12H2,1H3,(H,18,20). The van der Waals surface area contributed by atoms with Crippen LogP contribution in [0.15, 0.2) is 24.3 Å². The van der Waals surface area contributed by atoms with Crippen LogP contribution in [-0.4, -0.2) is 50.2 Å². The summed E-state index contributed by atoms with van der Waals surface area (Å²) in [7, 11) is 1.73. The molecule has 1 N–H and O–H groups in total. The minimum Gasteiger partial charge on any atom is -0.383 e. The number of piperidine rings is 1. The molecule has 1 saturated heterocycles. The van der Waals surface area contributed by atoms with Crippen molar-refractivity contribution in [1.29, 1.82) is 0 Å². The van der Waals surface area contributed by atoms with Gasteiger partial charge in [-0.25, -0.2) is 0 Å². The lowest BCUT2D eigenvalue weighted by atomic mass is 10.0. The van der Waals surface area contributed by atoms with E-state index in [9.17, 15) is 4.79 Å². The van der Waals surface area contributed by atoms with Gasteiger partial charge in [0.05, 0.1) is 13.0 Å². The first-order chi connectivity index (χ1) is 10.2. The second kappa shape index (κ2) is 8.37. The number of carbonyl (C=O) groups is 1. The van der Waals surface area contributed by atoms with Crippen molar-refractivity contribution in [1.82, 2.24) is 10.2 Å². The van der Waals surface area contributed by atoms with E-state index in [4.69, 9.17) is 16.3 Å². The monoisotopic (exact) mass is 310 g/mol. The first-order valence-corrected chi connectivity index (χ1v) is 7.80. The Hall–Kier alpha value is -1.10. The van der Waals surface area contributed by atoms with Crippen LogP contribution in [0.4, 0.5) is 0 Å². The number of nitrogens with one attached hydrogen (secondary N) is 1. The van der Waals surface area contributed by atoms with Crippen LogP contribution >= 0.6 is 11.6 Å². The number of nitrogens with zero attached hydrogens (tertiary/aromatic N) is 1. The predicted octanol–water partition coefficient (Wildman–Crippen LogP) is 2.11. The molecule has 0 bridgehead atoms. The van der Waals surface area contributed by atoms with Crippen molar-refractivity contribution in [3.05, 3.63) is 34.9 Å². The Morgan fingerprint density at radius 1 is 1.33 bits per heavy atom. The molecule has 2 rings (SSSR count). The number of carbonyl (C=O) groups excluding carboxylic acids is 1. The highest BCUT2D eigenvalue weighted by Crippen LogP contribution is 2.12. The lowest BCUT2D eigenvalue weighted by Crippen LogP contribution is -2.45. The summed E-state index contributed by atoms with van der Waals surface area (Å²) in [5.41, 5.74) is 0.995. The third kappa shape index (κ3) is 5.65. The number of rotatable bonds is 6. The summed E-state index contributed by atoms with van der Waals surface area (Å²) in [5.74, 6) is 0.0904. The number of hydrogen-bond acceptors (Lipinski definition) is 3. The van der Waals surface area contributed by atoms with Crippen molar-refractivity contribution in [3.8, 4) is 0 Å². The van der Waals surface area contributed by atoms with Gasteiger partial charge in [-0.1, -0.05) is 23.7 Å². The molecular formula is C16H23ClN2O2. The van der Waals surface area contributed by atoms with Gasteiger partial charge in [-0.3, -0.25) is 4.79 Å². The molecule has 116 valence electrons. The van der Waals surface area contributed by atoms with Crippen LogP contribution in [-0.2, 0) is 16.0 Å². The van der Waals surface area contributed by atoms with E-state index in [0.29, 0.717) is 17.5 Å². The van der Waals surface area contributed by atoms with E-state index in [1.807, 2.05) is 24.3 Å². The van der Waals surface area contributed by atoms with Crippen molar-refractivity contribution in [3.63, 3.8) is 0 Å². The highest BCUT2D eigenvalue weighted by molar-refractivity contribution is 6.30. The van der Waals surface area contributed by atoms with Crippen LogP contribution in [0, 0.1) is 0 Å². The molecule has 0 spiro atoms. The van der Waals surface area contributed by atoms with Gasteiger partial charge in [0.25, 0.3) is 0 Å². The molecule has 0 aliphatic carbocycles. The van der Waals surface area contributed by atoms with Gasteiger partial charge >= 0.3 is 0 Å². The molecule has 1 aromatic carbocycles. The molecule has 1 aromatic rings. The second-order valence-electron chi connectivity index (χ2n) is 5.48. The Balaban J connectivity index is 1.70. The zero-order valence-corrected chi connectivity index (χ0v) is 13.2. The fourth-order valence-electron chi connectivity index (χ4n) is 2.59. The van der Waals surface area contributed by atoms with Gasteiger partial charge in [0.15, 0.2) is 0 Å². The average molecular weight is 311 g/mol. The SMILES string of the molecule is COCCN1CCC(NC(=O)Cc2ccc(Cl)cc2)CC1. The molecule has 0 radical (unpaired) electrons. The summed E-state index contributed by atoms with van der Waals surface area (Å²) < 4.78 is 5.09. The molecule has 21 heavy (non-hydrogen) atoms. The predicted molar refractivity (Wildman–Crippen MR) is 84.6 cm³/mol. The molecule has 0 aromatic heterocycles. The second-order valence-corrected chi connectivity index (χ2v) is 5.92. The molecule has 0 atom stereocenters. The van der Waals surface area contributed by atoms with E-state index in [1.165, 1.54) is 0 Å². The fraction of sp³-hybridized carbons (Fsp3) is 0.562. The fourth-order valence-corrected chi connectivity index (χ4v) is 2.71. The van der Waals surface area contributed by atoms with Gasteiger partial charge in [0.2, 0.25) is 5.91 Å². The Kier molecular flexibility index (Phi) is 6.49. The van der Waals surface area contributed by atoms with Gasteiger partial charge in [0, 0.05) is 37.8 Å². The van der Waals surface area contributed by atoms with E-state index < -0.39 is 0 Å². The third-order valence-electron chi connectivity index (χ3n) is 3.84. The Labute approximate surface area is 131 Å². The zero-order chi connectivity index (χ0) is 15.1. The maximum atomic E-state index is 12.0. The van der Waals surface area contributed by atoms with E-state index in [2.05, 4.69) is 10.2 Å². The van der Waals surface area contributed by atoms with E-state index in [1.54, 1.807) is 7.11 Å². The highest BCUT2D eigenvalue weighted by Gasteiger charge is 2.20. The van der Waals surface area contributed by atoms with Crippen LogP contribution in [0.25, 0.3) is 0 Å². The maximum absolute atomic E-state index is 12.0. The lowest BCUT2D eigenvalue weighted by Gasteiger charge is -2.32. The van der Waals surface area contributed by atoms with Gasteiger partial charge < -0.3 is 15.0 Å². The minimum absolute atomic E-state index is 0.0904. The normalized spacial score (nSPS) is 16.9. The molecule has 1 heterocycles. The number of ether oxygens (including phenoxy) is 1. The van der Waals surface area contributed by atoms with Gasteiger partial charge in [-0.05, 0) is 30.5 Å². The lowest BCUT2D eigenvalue weighted by molar-refractivity contribution is -0.121. The van der Waals surface area contributed by atoms with Crippen molar-refractivity contribution >= 4 is 17.5 Å². The van der Waals surface area contributed by atoms with E-state index in [-0.39, 0.29) is 5.91 Å². The van der Waals surface area contributed by atoms with Crippen molar-refractivity contribution < 1.29 is 9.53 Å². The zero-order valence-electron chi connectivity index (χ0n) is 12.5. The first kappa shape index (κ1) is 16.3. The molecule has 1 aliphatic heterocycles. The molecule has 1 amide bonds. The van der Waals surface area contributed by atoms with Crippen molar-refractivity contribution in [2.45, 2.75) is 25.3 Å². The first-order valence-electron chi connectivity index (χ1n) is 7.42. The molecule has 4 nitrogen and oxygen atoms in total. The molecular weight excluding hydrogens is 288 g/mol. The minimum atomic E-state index is 0.0904. The Morgan fingerprint density at radius 3 is 2.62 bits per heavy atom. The summed E-state index contributed by atoms with van der Waals surface area (Å²) in [6.45, 7) is 3.79. The van der Waals surface area contributed by atoms with E-state index >= 15 is 0 Å². The van der Waals surface area contributed by atoms with Crippen LogP contribution < -0.4 is 5.32 Å². The number of methoxy groups -OCH3 is 1. The van der Waals surface area contributed by atoms with Gasteiger partial charge in [0.1, 0.15) is 0 Å². The Morgan fingerprint density at radius 2 is 2.00 bits per heavy atom. The topological polar surface area (TPSA) is 41.6 Å². The summed E-state index contributed by atoms with van der Waals surface area (Å²) in [4.78, 5) is 14.4. The quantitative estimate of drug-likeness (QED) is 0.875. The van der Waals surface area contributed by atoms with Crippen LogP contribution in [0.2, 0.25) is 5.02 Å². The number of benzene rings is 1. The summed E-state index contributed by atoms with van der Waals surface area (Å²) in [6, 6.07) is 7.73. The number of amides is 1. The van der Waals surface area contributed by atoms with Crippen LogP contribution in [0.3, 0.4) is 0 Å². The van der Waals surface area contributed by atoms with Gasteiger partial charge in [-0.15, -0.1) is 0 Å². The van der Waals surface area contributed by atoms with Crippen LogP contribution in [0.1, 0.15) is 18.4 Å². The Bertz CT molecular complexity index is 442. The average Bonchev–Trinajstić information content (AvgIpc) is 2.49. The highest BCUT2D eigenvalue weighted by atomic mass is 35.5. The van der Waals surface area contributed by atoms with Crippen molar-refractivity contribution in [2.24, 2.45) is 0 Å². The molecule has 1 aliphatic rings. The largest absolute Gasteiger partial charge is 0.383 e. The number of halogens is 1. The van der Waals surface area contributed by atoms with E-state index in [0.717, 1.165) is 44.6 Å². The van der Waals surface area contributed by atoms with Crippen LogP contribution in [0.5, 0.6) is 0 Å². The summed E-state index contributed by atoms with van der Waals surface area (Å²) >= 11 is 5.84. The molecule has 0 unspecified atom stereocenters.